The van der Waals surface area contributed by atoms with Crippen molar-refractivity contribution in [2.45, 2.75) is 26.1 Å². The Hall–Kier alpha value is -2.12. The first-order valence-electron chi connectivity index (χ1n) is 5.57. The van der Waals surface area contributed by atoms with E-state index in [1.807, 2.05) is 13.8 Å². The Morgan fingerprint density at radius 3 is 2.67 bits per heavy atom. The maximum absolute atomic E-state index is 11.9. The minimum absolute atomic E-state index is 0.291. The molecule has 2 aliphatic rings. The van der Waals surface area contributed by atoms with E-state index in [-0.39, 0.29) is 11.9 Å². The Morgan fingerprint density at radius 1 is 1.39 bits per heavy atom. The molecule has 0 aliphatic carbocycles. The zero-order chi connectivity index (χ0) is 13.4. The van der Waals surface area contributed by atoms with Gasteiger partial charge in [-0.25, -0.2) is 15.2 Å². The fraction of sp³-hybridized carbons (Fsp3) is 0.600. The number of likely N-dealkylation sites (N-methyl/N-ethyl adjacent to an activating group) is 2. The molecule has 2 heterocycles. The molecule has 0 bridgehead atoms. The van der Waals surface area contributed by atoms with Crippen LogP contribution in [0.5, 0.6) is 0 Å². The summed E-state index contributed by atoms with van der Waals surface area (Å²) in [7, 11) is 3.07. The van der Waals surface area contributed by atoms with E-state index in [4.69, 9.17) is 0 Å². The van der Waals surface area contributed by atoms with Gasteiger partial charge in [-0.05, 0) is 13.8 Å². The monoisotopic (exact) mass is 252 g/mol. The molecule has 98 valence electrons. The number of hydrazone groups is 1. The van der Waals surface area contributed by atoms with Crippen molar-refractivity contribution in [2.75, 3.05) is 14.1 Å². The lowest BCUT2D eigenvalue weighted by Crippen LogP contribution is -2.63. The van der Waals surface area contributed by atoms with E-state index in [1.165, 1.54) is 11.9 Å². The molecule has 0 saturated carbocycles. The Kier molecular flexibility index (Phi) is 2.93. The number of imide groups is 1. The number of fused-ring (bicyclic) bond motifs is 1. The molecule has 0 aromatic rings. The summed E-state index contributed by atoms with van der Waals surface area (Å²) in [6.45, 7) is 3.67. The number of aliphatic imine (C=N–C) groups is 1. The highest BCUT2D eigenvalue weighted by atomic mass is 16.2. The smallest absolute Gasteiger partial charge is 0.328 e. The third-order valence-electron chi connectivity index (χ3n) is 2.82. The van der Waals surface area contributed by atoms with Crippen molar-refractivity contribution in [1.82, 2.24) is 20.5 Å². The topological polar surface area (TPSA) is 89.4 Å². The molecule has 3 amide bonds. The van der Waals surface area contributed by atoms with Gasteiger partial charge in [-0.1, -0.05) is 0 Å². The highest BCUT2D eigenvalue weighted by molar-refractivity contribution is 6.03. The number of rotatable bonds is 1. The van der Waals surface area contributed by atoms with E-state index >= 15 is 0 Å². The second-order valence-corrected chi connectivity index (χ2v) is 4.47. The summed E-state index contributed by atoms with van der Waals surface area (Å²) in [5.74, 6) is 0.107. The number of guanidine groups is 1. The number of carbonyl (C=O) groups is 2. The fourth-order valence-corrected chi connectivity index (χ4v) is 1.84. The van der Waals surface area contributed by atoms with Gasteiger partial charge in [0.1, 0.15) is 6.04 Å². The minimum atomic E-state index is -0.549. The molecule has 8 heteroatoms. The molecule has 2 aliphatic heterocycles. The van der Waals surface area contributed by atoms with Gasteiger partial charge in [0, 0.05) is 19.8 Å². The zero-order valence-electron chi connectivity index (χ0n) is 10.8. The largest absolute Gasteiger partial charge is 0.340 e. The SMILES string of the molecule is CC(C)=NNC1=N[C@H]2[C@@H](N1)C(=O)N(C)C(=O)N2C. The third kappa shape index (κ3) is 1.89. The van der Waals surface area contributed by atoms with E-state index in [2.05, 4.69) is 20.8 Å². The van der Waals surface area contributed by atoms with Gasteiger partial charge in [0.2, 0.25) is 5.96 Å². The van der Waals surface area contributed by atoms with Gasteiger partial charge in [-0.3, -0.25) is 9.69 Å². The van der Waals surface area contributed by atoms with Crippen molar-refractivity contribution in [3.05, 3.63) is 0 Å². The molecular weight excluding hydrogens is 236 g/mol. The number of hydrogen-bond acceptors (Lipinski definition) is 6. The van der Waals surface area contributed by atoms with Crippen LogP contribution in [0.3, 0.4) is 0 Å². The van der Waals surface area contributed by atoms with E-state index < -0.39 is 12.2 Å². The predicted octanol–water partition coefficient (Wildman–Crippen LogP) is -0.850. The molecule has 2 atom stereocenters. The van der Waals surface area contributed by atoms with Crippen molar-refractivity contribution in [2.24, 2.45) is 10.1 Å². The minimum Gasteiger partial charge on any atom is -0.340 e. The van der Waals surface area contributed by atoms with Crippen LogP contribution in [0.2, 0.25) is 0 Å². The Bertz CT molecular complexity index is 453. The second kappa shape index (κ2) is 4.28. The first-order chi connectivity index (χ1) is 8.41. The van der Waals surface area contributed by atoms with Gasteiger partial charge in [-0.15, -0.1) is 0 Å². The van der Waals surface area contributed by atoms with Crippen LogP contribution in [-0.2, 0) is 4.79 Å². The van der Waals surface area contributed by atoms with Crippen molar-refractivity contribution in [3.8, 4) is 0 Å². The predicted molar refractivity (Wildman–Crippen MR) is 66.0 cm³/mol. The molecule has 0 aromatic carbocycles. The van der Waals surface area contributed by atoms with Crippen molar-refractivity contribution >= 4 is 23.6 Å². The lowest BCUT2D eigenvalue weighted by Gasteiger charge is -2.36. The standard InChI is InChI=1S/C10H16N6O2/c1-5(2)13-14-9-11-6-7(12-9)15(3)10(18)16(4)8(6)17/h6-7H,1-4H3,(H2,11,12,14)/t6-,7-/m1/s1. The molecule has 0 unspecified atom stereocenters. The summed E-state index contributed by atoms with van der Waals surface area (Å²) in [4.78, 5) is 30.4. The van der Waals surface area contributed by atoms with Crippen LogP contribution in [0.25, 0.3) is 0 Å². The Labute approximate surface area is 105 Å². The summed E-state index contributed by atoms with van der Waals surface area (Å²) < 4.78 is 0. The summed E-state index contributed by atoms with van der Waals surface area (Å²) in [5, 5.41) is 6.92. The summed E-state index contributed by atoms with van der Waals surface area (Å²) in [5.41, 5.74) is 3.56. The zero-order valence-corrected chi connectivity index (χ0v) is 10.8. The average molecular weight is 252 g/mol. The van der Waals surface area contributed by atoms with E-state index in [9.17, 15) is 9.59 Å². The maximum Gasteiger partial charge on any atom is 0.328 e. The van der Waals surface area contributed by atoms with Crippen LogP contribution >= 0.6 is 0 Å². The van der Waals surface area contributed by atoms with Gasteiger partial charge in [0.25, 0.3) is 5.91 Å². The highest BCUT2D eigenvalue weighted by Crippen LogP contribution is 2.19. The Balaban J connectivity index is 2.18. The quantitative estimate of drug-likeness (QED) is 0.470. The Morgan fingerprint density at radius 2 is 2.06 bits per heavy atom. The summed E-state index contributed by atoms with van der Waals surface area (Å²) in [6, 6.07) is -0.907. The van der Waals surface area contributed by atoms with Crippen LogP contribution in [-0.4, -0.2) is 59.7 Å². The molecule has 0 spiro atoms. The number of amides is 3. The summed E-state index contributed by atoms with van der Waals surface area (Å²) in [6.07, 6.45) is -0.518. The molecule has 2 rings (SSSR count). The molecule has 1 fully saturated rings. The maximum atomic E-state index is 11.9. The fourth-order valence-electron chi connectivity index (χ4n) is 1.84. The van der Waals surface area contributed by atoms with Crippen molar-refractivity contribution in [1.29, 1.82) is 0 Å². The molecule has 0 radical (unpaired) electrons. The van der Waals surface area contributed by atoms with Gasteiger partial charge >= 0.3 is 6.03 Å². The number of nitrogens with one attached hydrogen (secondary N) is 2. The second-order valence-electron chi connectivity index (χ2n) is 4.47. The molecule has 2 N–H and O–H groups in total. The van der Waals surface area contributed by atoms with E-state index in [1.54, 1.807) is 7.05 Å². The van der Waals surface area contributed by atoms with Crippen LogP contribution in [0.1, 0.15) is 13.8 Å². The van der Waals surface area contributed by atoms with Gasteiger partial charge in [0.05, 0.1) is 0 Å². The van der Waals surface area contributed by atoms with E-state index in [0.717, 1.165) is 10.6 Å². The highest BCUT2D eigenvalue weighted by Gasteiger charge is 2.46. The van der Waals surface area contributed by atoms with Crippen LogP contribution in [0, 0.1) is 0 Å². The van der Waals surface area contributed by atoms with Crippen molar-refractivity contribution < 1.29 is 9.59 Å². The van der Waals surface area contributed by atoms with Crippen LogP contribution < -0.4 is 10.7 Å². The lowest BCUT2D eigenvalue weighted by molar-refractivity contribution is -0.133. The lowest BCUT2D eigenvalue weighted by atomic mass is 10.1. The van der Waals surface area contributed by atoms with Gasteiger partial charge in [0.15, 0.2) is 6.17 Å². The molecule has 8 nitrogen and oxygen atoms in total. The molecule has 0 aromatic heterocycles. The van der Waals surface area contributed by atoms with Crippen LogP contribution in [0.4, 0.5) is 4.79 Å². The van der Waals surface area contributed by atoms with E-state index in [0.29, 0.717) is 5.96 Å². The average Bonchev–Trinajstić information content (AvgIpc) is 2.75. The molecular formula is C10H16N6O2. The molecule has 18 heavy (non-hydrogen) atoms. The normalized spacial score (nSPS) is 26.6. The number of urea groups is 1. The number of carbonyl (C=O) groups excluding carboxylic acids is 2. The summed E-state index contributed by atoms with van der Waals surface area (Å²) >= 11 is 0. The van der Waals surface area contributed by atoms with Crippen LogP contribution in [0.15, 0.2) is 10.1 Å². The first-order valence-corrected chi connectivity index (χ1v) is 5.57. The number of hydrogen-bond donors (Lipinski definition) is 2. The van der Waals surface area contributed by atoms with Gasteiger partial charge < -0.3 is 10.2 Å². The first kappa shape index (κ1) is 12.3. The third-order valence-corrected chi connectivity index (χ3v) is 2.82. The number of nitrogens with zero attached hydrogens (tertiary/aromatic N) is 4. The molecule has 1 saturated heterocycles. The van der Waals surface area contributed by atoms with Gasteiger partial charge in [-0.2, -0.15) is 5.10 Å². The van der Waals surface area contributed by atoms with Crippen molar-refractivity contribution in [3.63, 3.8) is 0 Å².